The van der Waals surface area contributed by atoms with Gasteiger partial charge in [-0.3, -0.25) is 11.3 Å². The Kier molecular flexibility index (Phi) is 5.30. The number of nitrogens with zero attached hydrogens (tertiary/aromatic N) is 1. The molecule has 5 heteroatoms. The number of likely N-dealkylation sites (N-methyl/N-ethyl adjacent to an activating group) is 1. The van der Waals surface area contributed by atoms with E-state index >= 15 is 0 Å². The fourth-order valence-electron chi connectivity index (χ4n) is 3.64. The van der Waals surface area contributed by atoms with E-state index in [1.54, 1.807) is 0 Å². The molecular weight excluding hydrogens is 272 g/mol. The Bertz CT molecular complexity index is 448. The molecule has 1 aliphatic rings. The third-order valence-electron chi connectivity index (χ3n) is 4.78. The molecule has 0 aromatic heterocycles. The van der Waals surface area contributed by atoms with E-state index in [1.807, 2.05) is 14.1 Å². The molecule has 118 valence electrons. The zero-order chi connectivity index (χ0) is 15.5. The third-order valence-corrected chi connectivity index (χ3v) is 4.78. The molecular formula is C16H25F2N3. The Morgan fingerprint density at radius 1 is 1.05 bits per heavy atom. The first-order valence-corrected chi connectivity index (χ1v) is 7.59. The van der Waals surface area contributed by atoms with Crippen LogP contribution in [0.15, 0.2) is 18.2 Å². The molecule has 0 amide bonds. The average molecular weight is 297 g/mol. The van der Waals surface area contributed by atoms with Crippen molar-refractivity contribution >= 4 is 0 Å². The maximum Gasteiger partial charge on any atom is 0.126 e. The molecule has 2 rings (SSSR count). The van der Waals surface area contributed by atoms with E-state index in [0.717, 1.165) is 31.7 Å². The zero-order valence-electron chi connectivity index (χ0n) is 12.8. The van der Waals surface area contributed by atoms with E-state index in [0.29, 0.717) is 5.56 Å². The quantitative estimate of drug-likeness (QED) is 0.510. The van der Waals surface area contributed by atoms with Crippen LogP contribution in [-0.4, -0.2) is 24.5 Å². The van der Waals surface area contributed by atoms with Crippen molar-refractivity contribution in [3.05, 3.63) is 35.4 Å². The highest BCUT2D eigenvalue weighted by Crippen LogP contribution is 2.41. The monoisotopic (exact) mass is 297 g/mol. The Hall–Kier alpha value is -1.04. The van der Waals surface area contributed by atoms with Gasteiger partial charge in [-0.2, -0.15) is 0 Å². The van der Waals surface area contributed by atoms with Gasteiger partial charge in [-0.25, -0.2) is 8.78 Å². The number of nitrogens with one attached hydrogen (secondary N) is 1. The second-order valence-corrected chi connectivity index (χ2v) is 6.21. The summed E-state index contributed by atoms with van der Waals surface area (Å²) in [5, 5.41) is 0. The molecule has 0 aliphatic heterocycles. The van der Waals surface area contributed by atoms with Crippen LogP contribution in [0.1, 0.15) is 50.1 Å². The summed E-state index contributed by atoms with van der Waals surface area (Å²) in [6.07, 6.45) is 6.54. The van der Waals surface area contributed by atoms with Crippen molar-refractivity contribution in [3.63, 3.8) is 0 Å². The Labute approximate surface area is 125 Å². The fourth-order valence-corrected chi connectivity index (χ4v) is 3.64. The average Bonchev–Trinajstić information content (AvgIpc) is 2.65. The number of halogens is 2. The number of nitrogens with two attached hydrogens (primary N) is 1. The highest BCUT2D eigenvalue weighted by molar-refractivity contribution is 5.25. The van der Waals surface area contributed by atoms with Crippen molar-refractivity contribution in [1.82, 2.24) is 10.3 Å². The molecule has 0 saturated heterocycles. The minimum atomic E-state index is -0.562. The summed E-state index contributed by atoms with van der Waals surface area (Å²) < 4.78 is 27.2. The van der Waals surface area contributed by atoms with E-state index in [9.17, 15) is 8.78 Å². The van der Waals surface area contributed by atoms with E-state index in [-0.39, 0.29) is 11.6 Å². The van der Waals surface area contributed by atoms with Gasteiger partial charge in [-0.15, -0.1) is 0 Å². The number of rotatable bonds is 4. The second kappa shape index (κ2) is 6.81. The highest BCUT2D eigenvalue weighted by Gasteiger charge is 2.41. The van der Waals surface area contributed by atoms with Gasteiger partial charge in [0, 0.05) is 11.6 Å². The second-order valence-electron chi connectivity index (χ2n) is 6.21. The van der Waals surface area contributed by atoms with Crippen LogP contribution in [-0.2, 0) is 0 Å². The summed E-state index contributed by atoms with van der Waals surface area (Å²) in [5.74, 6) is 4.66. The van der Waals surface area contributed by atoms with Gasteiger partial charge in [0.15, 0.2) is 0 Å². The van der Waals surface area contributed by atoms with Crippen LogP contribution in [0, 0.1) is 11.6 Å². The molecule has 1 aliphatic carbocycles. The number of hydrazine groups is 1. The molecule has 3 N–H and O–H groups in total. The summed E-state index contributed by atoms with van der Waals surface area (Å²) in [5.41, 5.74) is 3.18. The van der Waals surface area contributed by atoms with Crippen LogP contribution in [0.3, 0.4) is 0 Å². The summed E-state index contributed by atoms with van der Waals surface area (Å²) in [7, 11) is 4.04. The Morgan fingerprint density at radius 2 is 1.57 bits per heavy atom. The maximum absolute atomic E-state index is 13.6. The normalized spacial score (nSPS) is 20.3. The first kappa shape index (κ1) is 16.3. The minimum Gasteiger partial charge on any atom is -0.302 e. The molecule has 1 fully saturated rings. The molecule has 1 aromatic carbocycles. The lowest BCUT2D eigenvalue weighted by atomic mass is 9.78. The minimum absolute atomic E-state index is 0.217. The lowest BCUT2D eigenvalue weighted by Gasteiger charge is -2.45. The van der Waals surface area contributed by atoms with Gasteiger partial charge < -0.3 is 4.90 Å². The van der Waals surface area contributed by atoms with Crippen LogP contribution in [0.2, 0.25) is 0 Å². The van der Waals surface area contributed by atoms with E-state index in [1.165, 1.54) is 25.0 Å². The van der Waals surface area contributed by atoms with Crippen molar-refractivity contribution in [2.24, 2.45) is 5.84 Å². The van der Waals surface area contributed by atoms with Gasteiger partial charge >= 0.3 is 0 Å². The van der Waals surface area contributed by atoms with Gasteiger partial charge in [0.25, 0.3) is 0 Å². The van der Waals surface area contributed by atoms with Crippen molar-refractivity contribution in [2.75, 3.05) is 14.1 Å². The first-order valence-electron chi connectivity index (χ1n) is 7.59. The molecule has 0 heterocycles. The molecule has 3 nitrogen and oxygen atoms in total. The van der Waals surface area contributed by atoms with Crippen LogP contribution in [0.25, 0.3) is 0 Å². The smallest absolute Gasteiger partial charge is 0.126 e. The predicted octanol–water partition coefficient (Wildman–Crippen LogP) is 3.12. The van der Waals surface area contributed by atoms with Crippen LogP contribution >= 0.6 is 0 Å². The fraction of sp³-hybridized carbons (Fsp3) is 0.625. The molecule has 1 saturated carbocycles. The van der Waals surface area contributed by atoms with Gasteiger partial charge in [-0.05, 0) is 44.6 Å². The van der Waals surface area contributed by atoms with Gasteiger partial charge in [-0.1, -0.05) is 25.7 Å². The lowest BCUT2D eigenvalue weighted by Crippen LogP contribution is -2.55. The van der Waals surface area contributed by atoms with E-state index < -0.39 is 11.6 Å². The molecule has 1 atom stereocenters. The Morgan fingerprint density at radius 3 is 2.00 bits per heavy atom. The molecule has 1 unspecified atom stereocenters. The van der Waals surface area contributed by atoms with Crippen molar-refractivity contribution in [3.8, 4) is 0 Å². The van der Waals surface area contributed by atoms with E-state index in [2.05, 4.69) is 10.3 Å². The highest BCUT2D eigenvalue weighted by atomic mass is 19.1. The van der Waals surface area contributed by atoms with Crippen LogP contribution in [0.4, 0.5) is 8.78 Å². The van der Waals surface area contributed by atoms with Crippen molar-refractivity contribution < 1.29 is 8.78 Å². The first-order chi connectivity index (χ1) is 9.99. The SMILES string of the molecule is CN(C)C1(C(NN)c2cc(F)cc(F)c2)CCCCCC1. The van der Waals surface area contributed by atoms with Crippen LogP contribution in [0.5, 0.6) is 0 Å². The number of hydrogen-bond donors (Lipinski definition) is 2. The molecule has 0 spiro atoms. The summed E-state index contributed by atoms with van der Waals surface area (Å²) in [4.78, 5) is 2.16. The molecule has 1 aromatic rings. The topological polar surface area (TPSA) is 41.3 Å². The molecule has 21 heavy (non-hydrogen) atoms. The predicted molar refractivity (Wildman–Crippen MR) is 80.5 cm³/mol. The standard InChI is InChI=1S/C16H25F2N3/c1-21(2)16(7-5-3-4-6-8-16)15(20-19)12-9-13(17)11-14(18)10-12/h9-11,15,20H,3-8,19H2,1-2H3. The van der Waals surface area contributed by atoms with Gasteiger partial charge in [0.1, 0.15) is 11.6 Å². The van der Waals surface area contributed by atoms with Crippen LogP contribution < -0.4 is 11.3 Å². The molecule has 0 radical (unpaired) electrons. The summed E-state index contributed by atoms with van der Waals surface area (Å²) in [6, 6.07) is 3.36. The number of benzene rings is 1. The number of hydrogen-bond acceptors (Lipinski definition) is 3. The maximum atomic E-state index is 13.6. The molecule has 0 bridgehead atoms. The van der Waals surface area contributed by atoms with Crippen molar-refractivity contribution in [1.29, 1.82) is 0 Å². The summed E-state index contributed by atoms with van der Waals surface area (Å²) in [6.45, 7) is 0. The van der Waals surface area contributed by atoms with Crippen molar-refractivity contribution in [2.45, 2.75) is 50.1 Å². The zero-order valence-corrected chi connectivity index (χ0v) is 12.8. The van der Waals surface area contributed by atoms with Gasteiger partial charge in [0.05, 0.1) is 6.04 Å². The summed E-state index contributed by atoms with van der Waals surface area (Å²) >= 11 is 0. The largest absolute Gasteiger partial charge is 0.302 e. The van der Waals surface area contributed by atoms with Gasteiger partial charge in [0.2, 0.25) is 0 Å². The lowest BCUT2D eigenvalue weighted by molar-refractivity contribution is 0.0797. The van der Waals surface area contributed by atoms with E-state index in [4.69, 9.17) is 5.84 Å². The Balaban J connectivity index is 2.43. The third kappa shape index (κ3) is 3.42.